The van der Waals surface area contributed by atoms with Crippen molar-refractivity contribution < 1.29 is 23.4 Å². The van der Waals surface area contributed by atoms with E-state index in [2.05, 4.69) is 0 Å². The minimum Gasteiger partial charge on any atom is -0.478 e. The number of carbonyl (C=O) groups is 1. The van der Waals surface area contributed by atoms with Crippen molar-refractivity contribution in [3.05, 3.63) is 29.8 Å². The van der Waals surface area contributed by atoms with Crippen LogP contribution >= 0.6 is 0 Å². The van der Waals surface area contributed by atoms with Gasteiger partial charge in [0.05, 0.1) is 10.5 Å². The quantitative estimate of drug-likeness (QED) is 0.834. The van der Waals surface area contributed by atoms with Crippen molar-refractivity contribution in [2.45, 2.75) is 11.3 Å². The number of sulfonamides is 1. The maximum atomic E-state index is 12.3. The van der Waals surface area contributed by atoms with E-state index in [1.807, 2.05) is 0 Å². The number of benzene rings is 1. The molecule has 1 atom stereocenters. The molecule has 7 heteroatoms. The SMILES string of the molecule is O=C(O)c1cccc(S(=O)(=O)N2CCC(CO)C2)c1. The highest BCUT2D eigenvalue weighted by molar-refractivity contribution is 7.89. The third kappa shape index (κ3) is 2.78. The first-order chi connectivity index (χ1) is 8.95. The van der Waals surface area contributed by atoms with Crippen molar-refractivity contribution in [2.24, 2.45) is 5.92 Å². The standard InChI is InChI=1S/C12H15NO5S/c14-8-9-4-5-13(7-9)19(17,18)11-3-1-2-10(6-11)12(15)16/h1-3,6,9,14H,4-5,7-8H2,(H,15,16). The summed E-state index contributed by atoms with van der Waals surface area (Å²) >= 11 is 0. The fraction of sp³-hybridized carbons (Fsp3) is 0.417. The maximum absolute atomic E-state index is 12.3. The third-order valence-electron chi connectivity index (χ3n) is 3.23. The molecule has 0 radical (unpaired) electrons. The zero-order valence-electron chi connectivity index (χ0n) is 10.2. The van der Waals surface area contributed by atoms with Crippen LogP contribution in [0, 0.1) is 5.92 Å². The van der Waals surface area contributed by atoms with Gasteiger partial charge < -0.3 is 10.2 Å². The Labute approximate surface area is 111 Å². The maximum Gasteiger partial charge on any atom is 0.335 e. The van der Waals surface area contributed by atoms with Crippen LogP contribution in [0.1, 0.15) is 16.8 Å². The summed E-state index contributed by atoms with van der Waals surface area (Å²) in [5.74, 6) is -1.20. The smallest absolute Gasteiger partial charge is 0.335 e. The Morgan fingerprint density at radius 1 is 1.42 bits per heavy atom. The second-order valence-electron chi connectivity index (χ2n) is 4.53. The molecule has 0 spiro atoms. The van der Waals surface area contributed by atoms with Gasteiger partial charge in [0.25, 0.3) is 0 Å². The molecule has 0 bridgehead atoms. The van der Waals surface area contributed by atoms with Gasteiger partial charge in [-0.2, -0.15) is 4.31 Å². The third-order valence-corrected chi connectivity index (χ3v) is 5.09. The van der Waals surface area contributed by atoms with Crippen molar-refractivity contribution >= 4 is 16.0 Å². The van der Waals surface area contributed by atoms with E-state index < -0.39 is 16.0 Å². The topological polar surface area (TPSA) is 94.9 Å². The molecule has 0 amide bonds. The fourth-order valence-corrected chi connectivity index (χ4v) is 3.68. The van der Waals surface area contributed by atoms with Crippen LogP contribution < -0.4 is 0 Å². The van der Waals surface area contributed by atoms with Crippen molar-refractivity contribution in [1.29, 1.82) is 0 Å². The van der Waals surface area contributed by atoms with Gasteiger partial charge in [-0.1, -0.05) is 6.07 Å². The summed E-state index contributed by atoms with van der Waals surface area (Å²) in [5.41, 5.74) is -0.0565. The van der Waals surface area contributed by atoms with Crippen LogP contribution in [0.4, 0.5) is 0 Å². The van der Waals surface area contributed by atoms with Gasteiger partial charge in [0.1, 0.15) is 0 Å². The molecule has 1 aromatic rings. The van der Waals surface area contributed by atoms with Crippen molar-refractivity contribution in [2.75, 3.05) is 19.7 Å². The fourth-order valence-electron chi connectivity index (χ4n) is 2.10. The average Bonchev–Trinajstić information content (AvgIpc) is 2.88. The van der Waals surface area contributed by atoms with Gasteiger partial charge in [-0.05, 0) is 30.5 Å². The normalized spacial score (nSPS) is 20.6. The molecule has 1 heterocycles. The predicted octanol–water partition coefficient (Wildman–Crippen LogP) is 0.388. The van der Waals surface area contributed by atoms with Crippen LogP contribution in [0.3, 0.4) is 0 Å². The van der Waals surface area contributed by atoms with E-state index >= 15 is 0 Å². The van der Waals surface area contributed by atoms with E-state index in [0.717, 1.165) is 6.07 Å². The molecule has 1 aliphatic rings. The summed E-state index contributed by atoms with van der Waals surface area (Å²) in [7, 11) is -3.68. The first-order valence-electron chi connectivity index (χ1n) is 5.89. The minimum atomic E-state index is -3.68. The van der Waals surface area contributed by atoms with E-state index in [0.29, 0.717) is 13.0 Å². The zero-order chi connectivity index (χ0) is 14.0. The Morgan fingerprint density at radius 3 is 2.74 bits per heavy atom. The molecule has 1 aromatic carbocycles. The van der Waals surface area contributed by atoms with Crippen molar-refractivity contribution in [3.63, 3.8) is 0 Å². The Morgan fingerprint density at radius 2 is 2.16 bits per heavy atom. The Kier molecular flexibility index (Phi) is 3.88. The van der Waals surface area contributed by atoms with Crippen molar-refractivity contribution in [1.82, 2.24) is 4.31 Å². The second-order valence-corrected chi connectivity index (χ2v) is 6.47. The second kappa shape index (κ2) is 5.28. The summed E-state index contributed by atoms with van der Waals surface area (Å²) in [6.07, 6.45) is 0.619. The zero-order valence-corrected chi connectivity index (χ0v) is 11.0. The molecule has 6 nitrogen and oxygen atoms in total. The Bertz CT molecular complexity index is 584. The number of nitrogens with zero attached hydrogens (tertiary/aromatic N) is 1. The molecule has 0 aliphatic carbocycles. The number of hydrogen-bond acceptors (Lipinski definition) is 4. The van der Waals surface area contributed by atoms with Crippen LogP contribution in [-0.2, 0) is 10.0 Å². The first-order valence-corrected chi connectivity index (χ1v) is 7.33. The number of aliphatic hydroxyl groups is 1. The highest BCUT2D eigenvalue weighted by atomic mass is 32.2. The number of carboxylic acids is 1. The van der Waals surface area contributed by atoms with Crippen LogP contribution in [0.2, 0.25) is 0 Å². The lowest BCUT2D eigenvalue weighted by Gasteiger charge is -2.16. The van der Waals surface area contributed by atoms with Gasteiger partial charge in [0.2, 0.25) is 10.0 Å². The molecule has 0 saturated carbocycles. The Balaban J connectivity index is 2.30. The number of aromatic carboxylic acids is 1. The molecular formula is C12H15NO5S. The Hall–Kier alpha value is -1.44. The average molecular weight is 285 g/mol. The molecule has 1 fully saturated rings. The van der Waals surface area contributed by atoms with E-state index in [4.69, 9.17) is 10.2 Å². The largest absolute Gasteiger partial charge is 0.478 e. The molecule has 1 aliphatic heterocycles. The molecule has 0 aromatic heterocycles. The highest BCUT2D eigenvalue weighted by Gasteiger charge is 2.32. The summed E-state index contributed by atoms with van der Waals surface area (Å²) < 4.78 is 25.9. The van der Waals surface area contributed by atoms with Gasteiger partial charge in [-0.3, -0.25) is 0 Å². The van der Waals surface area contributed by atoms with Gasteiger partial charge in [0, 0.05) is 19.7 Å². The van der Waals surface area contributed by atoms with Crippen LogP contribution in [0.5, 0.6) is 0 Å². The highest BCUT2D eigenvalue weighted by Crippen LogP contribution is 2.24. The summed E-state index contributed by atoms with van der Waals surface area (Å²) in [4.78, 5) is 10.8. The monoisotopic (exact) mass is 285 g/mol. The summed E-state index contributed by atoms with van der Waals surface area (Å²) in [5, 5.41) is 17.9. The van der Waals surface area contributed by atoms with E-state index in [9.17, 15) is 13.2 Å². The molecule has 1 saturated heterocycles. The van der Waals surface area contributed by atoms with Crippen LogP contribution in [-0.4, -0.2) is 48.6 Å². The molecule has 19 heavy (non-hydrogen) atoms. The molecule has 1 unspecified atom stereocenters. The van der Waals surface area contributed by atoms with Gasteiger partial charge in [-0.15, -0.1) is 0 Å². The van der Waals surface area contributed by atoms with Crippen LogP contribution in [0.25, 0.3) is 0 Å². The molecule has 2 N–H and O–H groups in total. The van der Waals surface area contributed by atoms with Gasteiger partial charge in [-0.25, -0.2) is 13.2 Å². The van der Waals surface area contributed by atoms with Crippen molar-refractivity contribution in [3.8, 4) is 0 Å². The minimum absolute atomic E-state index is 0.0222. The number of rotatable bonds is 4. The van der Waals surface area contributed by atoms with E-state index in [1.54, 1.807) is 0 Å². The lowest BCUT2D eigenvalue weighted by molar-refractivity contribution is 0.0696. The van der Waals surface area contributed by atoms with E-state index in [1.165, 1.54) is 22.5 Å². The molecule has 104 valence electrons. The summed E-state index contributed by atoms with van der Waals surface area (Å²) in [6.45, 7) is 0.585. The number of aliphatic hydroxyl groups excluding tert-OH is 1. The predicted molar refractivity (Wildman–Crippen MR) is 67.4 cm³/mol. The van der Waals surface area contributed by atoms with E-state index in [-0.39, 0.29) is 29.5 Å². The lowest BCUT2D eigenvalue weighted by atomic mass is 10.1. The lowest BCUT2D eigenvalue weighted by Crippen LogP contribution is -2.29. The molecule has 2 rings (SSSR count). The first kappa shape index (κ1) is 14.0. The van der Waals surface area contributed by atoms with Gasteiger partial charge in [0.15, 0.2) is 0 Å². The van der Waals surface area contributed by atoms with Gasteiger partial charge >= 0.3 is 5.97 Å². The van der Waals surface area contributed by atoms with Crippen LogP contribution in [0.15, 0.2) is 29.2 Å². The number of carboxylic acid groups (broad SMARTS) is 1. The molecular weight excluding hydrogens is 270 g/mol. The number of hydrogen-bond donors (Lipinski definition) is 2. The summed E-state index contributed by atoms with van der Waals surface area (Å²) in [6, 6.07) is 5.30.